The molecule has 88 valence electrons. The molecule has 4 heteroatoms. The smallest absolute Gasteiger partial charge is 0.119 e. The number of nitrogens with zero attached hydrogens (tertiary/aromatic N) is 1. The highest BCUT2D eigenvalue weighted by Gasteiger charge is 2.17. The highest BCUT2D eigenvalue weighted by atomic mass is 32.2. The number of hydrogen-bond acceptors (Lipinski definition) is 4. The minimum atomic E-state index is 0.826. The number of pyridine rings is 1. The molecule has 0 bridgehead atoms. The lowest BCUT2D eigenvalue weighted by atomic mass is 10.1. The Hall–Kier alpha value is -1.42. The number of nitrogen functional groups attached to an aromatic ring is 1. The molecule has 0 fully saturated rings. The van der Waals surface area contributed by atoms with Crippen LogP contribution in [0.3, 0.4) is 0 Å². The molecule has 1 aliphatic heterocycles. The van der Waals surface area contributed by atoms with E-state index in [1.807, 2.05) is 30.0 Å². The van der Waals surface area contributed by atoms with Gasteiger partial charge in [0.15, 0.2) is 0 Å². The molecule has 0 aliphatic carbocycles. The predicted molar refractivity (Wildman–Crippen MR) is 71.8 cm³/mol. The van der Waals surface area contributed by atoms with Crippen molar-refractivity contribution in [1.29, 1.82) is 0 Å². The van der Waals surface area contributed by atoms with Crippen LogP contribution in [0, 0.1) is 0 Å². The number of aryl methyl sites for hydroxylation is 1. The van der Waals surface area contributed by atoms with Crippen LogP contribution in [0.15, 0.2) is 23.1 Å². The van der Waals surface area contributed by atoms with Gasteiger partial charge < -0.3 is 10.5 Å². The van der Waals surface area contributed by atoms with Crippen molar-refractivity contribution in [3.8, 4) is 5.75 Å². The Morgan fingerprint density at radius 1 is 1.41 bits per heavy atom. The van der Waals surface area contributed by atoms with Crippen LogP contribution in [0.4, 0.5) is 5.69 Å². The van der Waals surface area contributed by atoms with Gasteiger partial charge in [0.2, 0.25) is 0 Å². The molecular weight excluding hydrogens is 232 g/mol. The first-order valence-electron chi connectivity index (χ1n) is 5.68. The summed E-state index contributed by atoms with van der Waals surface area (Å²) in [5.41, 5.74) is 9.21. The molecule has 1 aromatic heterocycles. The Morgan fingerprint density at radius 2 is 2.29 bits per heavy atom. The number of nitrogens with two attached hydrogens (primary N) is 1. The summed E-state index contributed by atoms with van der Waals surface area (Å²) >= 11 is 1.82. The van der Waals surface area contributed by atoms with Crippen molar-refractivity contribution >= 4 is 28.4 Å². The number of ether oxygens (including phenoxy) is 1. The number of thioether (sulfide) groups is 1. The van der Waals surface area contributed by atoms with E-state index in [0.717, 1.165) is 45.1 Å². The van der Waals surface area contributed by atoms with E-state index in [-0.39, 0.29) is 0 Å². The average Bonchev–Trinajstić information content (AvgIpc) is 2.39. The van der Waals surface area contributed by atoms with Crippen LogP contribution in [0.1, 0.15) is 12.1 Å². The first kappa shape index (κ1) is 10.7. The van der Waals surface area contributed by atoms with E-state index in [4.69, 9.17) is 15.5 Å². The third-order valence-electron chi connectivity index (χ3n) is 3.06. The fourth-order valence-corrected chi connectivity index (χ4v) is 3.25. The minimum Gasteiger partial charge on any atom is -0.497 e. The zero-order valence-corrected chi connectivity index (χ0v) is 10.5. The highest BCUT2D eigenvalue weighted by molar-refractivity contribution is 7.99. The van der Waals surface area contributed by atoms with Gasteiger partial charge in [0, 0.05) is 5.39 Å². The number of rotatable bonds is 1. The van der Waals surface area contributed by atoms with Crippen LogP contribution < -0.4 is 10.5 Å². The molecule has 17 heavy (non-hydrogen) atoms. The van der Waals surface area contributed by atoms with Crippen molar-refractivity contribution in [2.75, 3.05) is 18.6 Å². The van der Waals surface area contributed by atoms with Crippen molar-refractivity contribution in [3.63, 3.8) is 0 Å². The summed E-state index contributed by atoms with van der Waals surface area (Å²) < 4.78 is 5.23. The molecule has 0 saturated heterocycles. The van der Waals surface area contributed by atoms with Crippen LogP contribution in [-0.4, -0.2) is 17.8 Å². The lowest BCUT2D eigenvalue weighted by molar-refractivity contribution is 0.415. The Morgan fingerprint density at radius 3 is 3.12 bits per heavy atom. The fourth-order valence-electron chi connectivity index (χ4n) is 2.17. The van der Waals surface area contributed by atoms with Gasteiger partial charge in [-0.25, -0.2) is 0 Å². The van der Waals surface area contributed by atoms with Gasteiger partial charge in [-0.3, -0.25) is 4.98 Å². The van der Waals surface area contributed by atoms with Gasteiger partial charge >= 0.3 is 0 Å². The van der Waals surface area contributed by atoms with Crippen LogP contribution in [-0.2, 0) is 6.42 Å². The van der Waals surface area contributed by atoms with Crippen LogP contribution in [0.25, 0.3) is 10.9 Å². The number of methoxy groups -OCH3 is 1. The zero-order chi connectivity index (χ0) is 11.8. The lowest BCUT2D eigenvalue weighted by Gasteiger charge is -2.18. The van der Waals surface area contributed by atoms with E-state index in [1.54, 1.807) is 7.11 Å². The average molecular weight is 246 g/mol. The van der Waals surface area contributed by atoms with Crippen molar-refractivity contribution < 1.29 is 4.74 Å². The topological polar surface area (TPSA) is 48.1 Å². The van der Waals surface area contributed by atoms with Crippen LogP contribution >= 0.6 is 11.8 Å². The number of hydrogen-bond donors (Lipinski definition) is 1. The predicted octanol–water partition coefficient (Wildman–Crippen LogP) is 2.86. The van der Waals surface area contributed by atoms with E-state index in [9.17, 15) is 0 Å². The first-order valence-corrected chi connectivity index (χ1v) is 6.67. The normalized spacial score (nSPS) is 14.6. The number of anilines is 1. The van der Waals surface area contributed by atoms with Gasteiger partial charge in [-0.05, 0) is 36.8 Å². The molecule has 3 nitrogen and oxygen atoms in total. The summed E-state index contributed by atoms with van der Waals surface area (Å²) in [4.78, 5) is 5.86. The molecule has 0 spiro atoms. The van der Waals surface area contributed by atoms with Gasteiger partial charge in [-0.1, -0.05) is 0 Å². The van der Waals surface area contributed by atoms with Crippen LogP contribution in [0.5, 0.6) is 5.75 Å². The Bertz CT molecular complexity index is 583. The monoisotopic (exact) mass is 246 g/mol. The summed E-state index contributed by atoms with van der Waals surface area (Å²) in [6.07, 6.45) is 2.22. The van der Waals surface area contributed by atoms with Crippen molar-refractivity contribution in [2.45, 2.75) is 17.7 Å². The summed E-state index contributed by atoms with van der Waals surface area (Å²) in [7, 11) is 1.66. The molecule has 2 N–H and O–H groups in total. The van der Waals surface area contributed by atoms with E-state index in [0.29, 0.717) is 0 Å². The molecule has 0 atom stereocenters. The summed E-state index contributed by atoms with van der Waals surface area (Å²) in [5.74, 6) is 1.96. The summed E-state index contributed by atoms with van der Waals surface area (Å²) in [6, 6.07) is 5.87. The van der Waals surface area contributed by atoms with Crippen molar-refractivity contribution in [3.05, 3.63) is 23.9 Å². The molecule has 2 heterocycles. The molecule has 2 aromatic rings. The Kier molecular flexibility index (Phi) is 2.59. The number of fused-ring (bicyclic) bond motifs is 2. The molecule has 1 aromatic carbocycles. The summed E-state index contributed by atoms with van der Waals surface area (Å²) in [6.45, 7) is 0. The first-order chi connectivity index (χ1) is 8.29. The fraction of sp³-hybridized carbons (Fsp3) is 0.308. The number of aromatic nitrogens is 1. The van der Waals surface area contributed by atoms with Gasteiger partial charge in [0.1, 0.15) is 5.75 Å². The third kappa shape index (κ3) is 1.72. The maximum Gasteiger partial charge on any atom is 0.119 e. The van der Waals surface area contributed by atoms with Gasteiger partial charge in [-0.15, -0.1) is 11.8 Å². The molecule has 0 saturated carbocycles. The van der Waals surface area contributed by atoms with Gasteiger partial charge in [-0.2, -0.15) is 0 Å². The second-order valence-electron chi connectivity index (χ2n) is 4.14. The molecule has 0 amide bonds. The molecular formula is C13H14N2OS. The minimum absolute atomic E-state index is 0.826. The SMILES string of the molecule is COc1ccc2nc3c(c(N)c2c1)SCCC3. The van der Waals surface area contributed by atoms with Crippen molar-refractivity contribution in [2.24, 2.45) is 0 Å². The number of benzene rings is 1. The lowest BCUT2D eigenvalue weighted by Crippen LogP contribution is -2.05. The Balaban J connectivity index is 2.28. The van der Waals surface area contributed by atoms with E-state index < -0.39 is 0 Å². The summed E-state index contributed by atoms with van der Waals surface area (Å²) in [5, 5.41) is 0.998. The molecule has 3 rings (SSSR count). The van der Waals surface area contributed by atoms with Gasteiger partial charge in [0.05, 0.1) is 28.9 Å². The maximum atomic E-state index is 6.25. The maximum absolute atomic E-state index is 6.25. The van der Waals surface area contributed by atoms with E-state index in [2.05, 4.69) is 0 Å². The molecule has 0 radical (unpaired) electrons. The Labute approximate surface area is 104 Å². The zero-order valence-electron chi connectivity index (χ0n) is 9.69. The van der Waals surface area contributed by atoms with Crippen molar-refractivity contribution in [1.82, 2.24) is 4.98 Å². The third-order valence-corrected chi connectivity index (χ3v) is 4.30. The second kappa shape index (κ2) is 4.11. The molecule has 0 unspecified atom stereocenters. The largest absolute Gasteiger partial charge is 0.497 e. The molecule has 1 aliphatic rings. The standard InChI is InChI=1S/C13H14N2OS/c1-16-8-4-5-10-9(7-8)12(14)13-11(15-10)3-2-6-17-13/h4-5,7H,2-3,6H2,1H3,(H2,14,15). The highest BCUT2D eigenvalue weighted by Crippen LogP contribution is 2.38. The van der Waals surface area contributed by atoms with Crippen LogP contribution in [0.2, 0.25) is 0 Å². The van der Waals surface area contributed by atoms with Gasteiger partial charge in [0.25, 0.3) is 0 Å². The van der Waals surface area contributed by atoms with E-state index >= 15 is 0 Å². The van der Waals surface area contributed by atoms with E-state index in [1.165, 1.54) is 6.42 Å². The quantitative estimate of drug-likeness (QED) is 0.840. The second-order valence-corrected chi connectivity index (χ2v) is 5.24.